The lowest BCUT2D eigenvalue weighted by molar-refractivity contribution is -0.147. The molecule has 2 atom stereocenters. The summed E-state index contributed by atoms with van der Waals surface area (Å²) in [6.07, 6.45) is 3.29. The number of imide groups is 1. The van der Waals surface area contributed by atoms with Gasteiger partial charge in [0.05, 0.1) is 9.21 Å². The van der Waals surface area contributed by atoms with Gasteiger partial charge >= 0.3 is 12.0 Å². The van der Waals surface area contributed by atoms with Crippen molar-refractivity contribution in [1.29, 1.82) is 0 Å². The van der Waals surface area contributed by atoms with Crippen LogP contribution in [0.25, 0.3) is 0 Å². The Hall–Kier alpha value is -1.93. The zero-order valence-electron chi connectivity index (χ0n) is 14.2. The van der Waals surface area contributed by atoms with E-state index in [4.69, 9.17) is 16.3 Å². The Morgan fingerprint density at radius 1 is 1.38 bits per heavy atom. The van der Waals surface area contributed by atoms with E-state index < -0.39 is 30.7 Å². The monoisotopic (exact) mass is 398 g/mol. The smallest absolute Gasteiger partial charge is 0.326 e. The van der Waals surface area contributed by atoms with Gasteiger partial charge in [-0.25, -0.2) is 4.79 Å². The van der Waals surface area contributed by atoms with Gasteiger partial charge in [-0.15, -0.1) is 11.3 Å². The highest BCUT2D eigenvalue weighted by molar-refractivity contribution is 7.18. The van der Waals surface area contributed by atoms with Gasteiger partial charge in [-0.05, 0) is 30.9 Å². The third kappa shape index (κ3) is 3.48. The van der Waals surface area contributed by atoms with Crippen molar-refractivity contribution in [3.05, 3.63) is 21.3 Å². The number of rotatable bonds is 5. The maximum absolute atomic E-state index is 12.8. The predicted molar refractivity (Wildman–Crippen MR) is 95.2 cm³/mol. The Labute approximate surface area is 159 Å². The standard InChI is InChI=1S/C17H19ClN2O5S/c1-10-4-2-3-7-17(10)15(23)20(16(24)19-17)8-14(22)25-9-11(21)12-5-6-13(18)26-12/h5-6,10H,2-4,7-9H2,1H3,(H,19,24). The number of carbonyl (C=O) groups is 4. The second-order valence-corrected chi connectivity index (χ2v) is 8.34. The second kappa shape index (κ2) is 7.36. The fourth-order valence-electron chi connectivity index (χ4n) is 3.50. The summed E-state index contributed by atoms with van der Waals surface area (Å²) in [5, 5.41) is 2.77. The van der Waals surface area contributed by atoms with Crippen molar-refractivity contribution in [3.63, 3.8) is 0 Å². The van der Waals surface area contributed by atoms with Gasteiger partial charge in [-0.3, -0.25) is 19.3 Å². The summed E-state index contributed by atoms with van der Waals surface area (Å²) in [6.45, 7) is 0.975. The fourth-order valence-corrected chi connectivity index (χ4v) is 4.46. The molecule has 7 nitrogen and oxygen atoms in total. The maximum atomic E-state index is 12.8. The number of hydrogen-bond donors (Lipinski definition) is 1. The van der Waals surface area contributed by atoms with E-state index in [2.05, 4.69) is 5.32 Å². The zero-order chi connectivity index (χ0) is 18.9. The molecule has 2 heterocycles. The molecule has 1 saturated heterocycles. The van der Waals surface area contributed by atoms with Crippen molar-refractivity contribution in [3.8, 4) is 0 Å². The minimum atomic E-state index is -0.918. The highest BCUT2D eigenvalue weighted by Gasteiger charge is 2.55. The summed E-state index contributed by atoms with van der Waals surface area (Å²) in [6, 6.07) is 2.55. The molecule has 1 aromatic heterocycles. The lowest BCUT2D eigenvalue weighted by Crippen LogP contribution is -2.54. The molecule has 2 fully saturated rings. The molecule has 0 bridgehead atoms. The third-order valence-electron chi connectivity index (χ3n) is 5.00. The SMILES string of the molecule is CC1CCCCC12NC(=O)N(CC(=O)OCC(=O)c1ccc(Cl)s1)C2=O. The van der Waals surface area contributed by atoms with Crippen LogP contribution in [0.1, 0.15) is 42.3 Å². The van der Waals surface area contributed by atoms with Gasteiger partial charge in [0.1, 0.15) is 12.1 Å². The number of nitrogens with zero attached hydrogens (tertiary/aromatic N) is 1. The molecular formula is C17H19ClN2O5S. The molecule has 1 aromatic rings. The maximum Gasteiger partial charge on any atom is 0.326 e. The summed E-state index contributed by atoms with van der Waals surface area (Å²) in [4.78, 5) is 50.2. The van der Waals surface area contributed by atoms with Gasteiger partial charge in [-0.2, -0.15) is 0 Å². The van der Waals surface area contributed by atoms with Crippen LogP contribution in [0.5, 0.6) is 0 Å². The molecule has 0 aromatic carbocycles. The summed E-state index contributed by atoms with van der Waals surface area (Å²) in [5.74, 6) is -1.56. The van der Waals surface area contributed by atoms with Crippen LogP contribution >= 0.6 is 22.9 Å². The van der Waals surface area contributed by atoms with Crippen molar-refractivity contribution in [2.75, 3.05) is 13.2 Å². The molecule has 1 saturated carbocycles. The first-order chi connectivity index (χ1) is 12.3. The first kappa shape index (κ1) is 18.8. The number of Topliss-reactive ketones (excluding diaryl/α,β-unsaturated/α-hetero) is 1. The van der Waals surface area contributed by atoms with E-state index in [1.54, 1.807) is 12.1 Å². The van der Waals surface area contributed by atoms with Crippen LogP contribution in [0.4, 0.5) is 4.79 Å². The quantitative estimate of drug-likeness (QED) is 0.467. The van der Waals surface area contributed by atoms with E-state index in [-0.39, 0.29) is 17.6 Å². The molecule has 3 amide bonds. The van der Waals surface area contributed by atoms with Crippen LogP contribution in [0.2, 0.25) is 4.34 Å². The van der Waals surface area contributed by atoms with Crippen LogP contribution in [-0.2, 0) is 14.3 Å². The van der Waals surface area contributed by atoms with Crippen molar-refractivity contribution < 1.29 is 23.9 Å². The largest absolute Gasteiger partial charge is 0.456 e. The third-order valence-corrected chi connectivity index (χ3v) is 6.27. The van der Waals surface area contributed by atoms with Crippen LogP contribution in [0.15, 0.2) is 12.1 Å². The van der Waals surface area contributed by atoms with Gasteiger partial charge in [0.25, 0.3) is 5.91 Å². The summed E-state index contributed by atoms with van der Waals surface area (Å²) >= 11 is 6.86. The Bertz CT molecular complexity index is 764. The Morgan fingerprint density at radius 3 is 2.81 bits per heavy atom. The number of ether oxygens (including phenoxy) is 1. The number of hydrogen-bond acceptors (Lipinski definition) is 6. The van der Waals surface area contributed by atoms with E-state index >= 15 is 0 Å². The molecule has 26 heavy (non-hydrogen) atoms. The van der Waals surface area contributed by atoms with Crippen LogP contribution in [-0.4, -0.2) is 47.3 Å². The molecule has 0 radical (unpaired) electrons. The van der Waals surface area contributed by atoms with Gasteiger partial charge < -0.3 is 10.1 Å². The van der Waals surface area contributed by atoms with Gasteiger partial charge in [0, 0.05) is 0 Å². The van der Waals surface area contributed by atoms with Crippen molar-refractivity contribution >= 4 is 46.6 Å². The summed E-state index contributed by atoms with van der Waals surface area (Å²) in [7, 11) is 0. The topological polar surface area (TPSA) is 92.8 Å². The lowest BCUT2D eigenvalue weighted by atomic mass is 9.73. The number of esters is 1. The number of carbonyl (C=O) groups excluding carboxylic acids is 4. The van der Waals surface area contributed by atoms with Crippen molar-refractivity contribution in [2.45, 2.75) is 38.1 Å². The molecule has 3 rings (SSSR count). The van der Waals surface area contributed by atoms with Crippen LogP contribution in [0.3, 0.4) is 0 Å². The number of ketones is 1. The second-order valence-electron chi connectivity index (χ2n) is 6.63. The van der Waals surface area contributed by atoms with Gasteiger partial charge in [-0.1, -0.05) is 31.4 Å². The number of amides is 3. The zero-order valence-corrected chi connectivity index (χ0v) is 15.8. The first-order valence-electron chi connectivity index (χ1n) is 8.42. The number of halogens is 1. The van der Waals surface area contributed by atoms with Crippen molar-refractivity contribution in [2.24, 2.45) is 5.92 Å². The average molecular weight is 399 g/mol. The lowest BCUT2D eigenvalue weighted by Gasteiger charge is -2.36. The highest BCUT2D eigenvalue weighted by atomic mass is 35.5. The summed E-state index contributed by atoms with van der Waals surface area (Å²) in [5.41, 5.74) is -0.918. The number of urea groups is 1. The Morgan fingerprint density at radius 2 is 2.15 bits per heavy atom. The van der Waals surface area contributed by atoms with E-state index in [1.165, 1.54) is 0 Å². The molecule has 2 unspecified atom stereocenters. The predicted octanol–water partition coefficient (Wildman–Crippen LogP) is 2.63. The molecule has 1 N–H and O–H groups in total. The van der Waals surface area contributed by atoms with Gasteiger partial charge in [0.2, 0.25) is 5.78 Å². The molecule has 140 valence electrons. The average Bonchev–Trinajstić information content (AvgIpc) is 3.13. The Kier molecular flexibility index (Phi) is 5.34. The molecular weight excluding hydrogens is 380 g/mol. The minimum absolute atomic E-state index is 0.0128. The fraction of sp³-hybridized carbons (Fsp3) is 0.529. The Balaban J connectivity index is 1.58. The molecule has 1 spiro atoms. The number of thiophene rings is 1. The minimum Gasteiger partial charge on any atom is -0.456 e. The molecule has 1 aliphatic heterocycles. The normalized spacial score (nSPS) is 25.5. The highest BCUT2D eigenvalue weighted by Crippen LogP contribution is 2.38. The van der Waals surface area contributed by atoms with Crippen LogP contribution < -0.4 is 5.32 Å². The van der Waals surface area contributed by atoms with E-state index in [9.17, 15) is 19.2 Å². The van der Waals surface area contributed by atoms with E-state index in [0.717, 1.165) is 35.5 Å². The molecule has 1 aliphatic carbocycles. The van der Waals surface area contributed by atoms with Crippen LogP contribution in [0, 0.1) is 5.92 Å². The molecule has 2 aliphatic rings. The molecule has 9 heteroatoms. The van der Waals surface area contributed by atoms with E-state index in [0.29, 0.717) is 15.6 Å². The first-order valence-corrected chi connectivity index (χ1v) is 9.61. The summed E-state index contributed by atoms with van der Waals surface area (Å²) < 4.78 is 5.39. The van der Waals surface area contributed by atoms with Gasteiger partial charge in [0.15, 0.2) is 6.61 Å². The number of nitrogens with one attached hydrogen (secondary N) is 1. The van der Waals surface area contributed by atoms with Crippen molar-refractivity contribution in [1.82, 2.24) is 10.2 Å². The van der Waals surface area contributed by atoms with E-state index in [1.807, 2.05) is 6.92 Å².